The van der Waals surface area contributed by atoms with Crippen molar-refractivity contribution in [2.24, 2.45) is 0 Å². The zero-order chi connectivity index (χ0) is 15.9. The van der Waals surface area contributed by atoms with E-state index in [1.54, 1.807) is 12.1 Å². The van der Waals surface area contributed by atoms with Crippen LogP contribution in [0.15, 0.2) is 40.0 Å². The molecule has 0 unspecified atom stereocenters. The molecule has 2 heterocycles. The number of rotatable bonds is 3. The average Bonchev–Trinajstić information content (AvgIpc) is 2.79. The summed E-state index contributed by atoms with van der Waals surface area (Å²) in [6.07, 6.45) is 1.26. The molecule has 0 atom stereocenters. The van der Waals surface area contributed by atoms with Gasteiger partial charge in [0.05, 0.1) is 23.0 Å². The van der Waals surface area contributed by atoms with Crippen LogP contribution in [0.1, 0.15) is 5.56 Å². The second-order valence-corrected chi connectivity index (χ2v) is 7.19. The van der Waals surface area contributed by atoms with Gasteiger partial charge in [-0.15, -0.1) is 0 Å². The summed E-state index contributed by atoms with van der Waals surface area (Å²) in [5.41, 5.74) is 7.58. The van der Waals surface area contributed by atoms with E-state index in [2.05, 4.69) is 25.6 Å². The standard InChI is InChI=1S/C12H11BBrN3O4S/c14-11-3-8(15)5-16-12(11)22(19,20)17-9-2-1-7-6-21-13(18)10(7)4-9/h1-5,17-18H,6,15H2. The summed E-state index contributed by atoms with van der Waals surface area (Å²) in [5, 5.41) is 9.50. The van der Waals surface area contributed by atoms with Crippen molar-refractivity contribution in [3.05, 3.63) is 40.5 Å². The molecular weight excluding hydrogens is 373 g/mol. The number of nitrogens with zero attached hydrogens (tertiary/aromatic N) is 1. The molecule has 0 fully saturated rings. The number of hydrogen-bond donors (Lipinski definition) is 3. The van der Waals surface area contributed by atoms with Crippen LogP contribution in [0.4, 0.5) is 11.4 Å². The smallest absolute Gasteiger partial charge is 0.423 e. The maximum atomic E-state index is 12.4. The molecule has 0 bridgehead atoms. The number of aromatic nitrogens is 1. The Morgan fingerprint density at radius 1 is 1.41 bits per heavy atom. The van der Waals surface area contributed by atoms with Crippen molar-refractivity contribution in [2.75, 3.05) is 10.5 Å². The molecular formula is C12H11BBrN3O4S. The molecule has 0 aliphatic carbocycles. The first-order valence-electron chi connectivity index (χ1n) is 6.23. The largest absolute Gasteiger partial charge is 0.491 e. The third-order valence-electron chi connectivity index (χ3n) is 3.14. The minimum Gasteiger partial charge on any atom is -0.423 e. The highest BCUT2D eigenvalue weighted by molar-refractivity contribution is 9.10. The molecule has 10 heteroatoms. The average molecular weight is 384 g/mol. The SMILES string of the molecule is Nc1cnc(S(=O)(=O)Nc2ccc3c(c2)B(O)OC3)c(Br)c1. The van der Waals surface area contributed by atoms with Gasteiger partial charge < -0.3 is 15.4 Å². The van der Waals surface area contributed by atoms with E-state index < -0.39 is 17.1 Å². The minimum atomic E-state index is -3.88. The lowest BCUT2D eigenvalue weighted by Crippen LogP contribution is -2.28. The first-order valence-corrected chi connectivity index (χ1v) is 8.51. The van der Waals surface area contributed by atoms with Crippen LogP contribution in [0.3, 0.4) is 0 Å². The van der Waals surface area contributed by atoms with Crippen LogP contribution in [-0.4, -0.2) is 25.5 Å². The molecule has 0 radical (unpaired) electrons. The van der Waals surface area contributed by atoms with Crippen molar-refractivity contribution in [1.29, 1.82) is 0 Å². The molecule has 7 nitrogen and oxygen atoms in total. The van der Waals surface area contributed by atoms with Gasteiger partial charge in [0.15, 0.2) is 5.03 Å². The van der Waals surface area contributed by atoms with Crippen molar-refractivity contribution in [3.8, 4) is 0 Å². The molecule has 1 aliphatic heterocycles. The number of anilines is 2. The van der Waals surface area contributed by atoms with Crippen molar-refractivity contribution in [1.82, 2.24) is 4.98 Å². The van der Waals surface area contributed by atoms with Crippen LogP contribution in [0.25, 0.3) is 0 Å². The number of benzene rings is 1. The van der Waals surface area contributed by atoms with E-state index in [0.29, 0.717) is 23.4 Å². The molecule has 0 amide bonds. The van der Waals surface area contributed by atoms with Gasteiger partial charge in [-0.05, 0) is 45.2 Å². The molecule has 1 aromatic carbocycles. The van der Waals surface area contributed by atoms with Crippen LogP contribution in [0.5, 0.6) is 0 Å². The Balaban J connectivity index is 1.93. The zero-order valence-corrected chi connectivity index (χ0v) is 13.6. The van der Waals surface area contributed by atoms with Gasteiger partial charge in [0.2, 0.25) is 0 Å². The lowest BCUT2D eigenvalue weighted by molar-refractivity contribution is 0.275. The van der Waals surface area contributed by atoms with E-state index in [-0.39, 0.29) is 9.50 Å². The van der Waals surface area contributed by atoms with Crippen molar-refractivity contribution >= 4 is 49.9 Å². The van der Waals surface area contributed by atoms with Crippen LogP contribution in [0.2, 0.25) is 0 Å². The predicted octanol–water partition coefficient (Wildman–Crippen LogP) is 0.445. The monoisotopic (exact) mass is 383 g/mol. The number of hydrogen-bond acceptors (Lipinski definition) is 6. The van der Waals surface area contributed by atoms with E-state index in [9.17, 15) is 13.4 Å². The van der Waals surface area contributed by atoms with E-state index in [1.165, 1.54) is 18.3 Å². The summed E-state index contributed by atoms with van der Waals surface area (Å²) in [4.78, 5) is 3.84. The number of nitrogen functional groups attached to an aromatic ring is 1. The summed E-state index contributed by atoms with van der Waals surface area (Å²) in [6, 6.07) is 6.30. The van der Waals surface area contributed by atoms with E-state index in [4.69, 9.17) is 10.4 Å². The van der Waals surface area contributed by atoms with Crippen LogP contribution < -0.4 is 15.9 Å². The first-order chi connectivity index (χ1) is 10.4. The molecule has 1 aromatic heterocycles. The maximum absolute atomic E-state index is 12.4. The molecule has 0 spiro atoms. The Morgan fingerprint density at radius 3 is 2.91 bits per heavy atom. The highest BCUT2D eigenvalue weighted by Gasteiger charge is 2.28. The Kier molecular flexibility index (Phi) is 3.85. The van der Waals surface area contributed by atoms with E-state index >= 15 is 0 Å². The highest BCUT2D eigenvalue weighted by Crippen LogP contribution is 2.24. The Bertz CT molecular complexity index is 846. The third-order valence-corrected chi connectivity index (χ3v) is 5.35. The fraction of sp³-hybridized carbons (Fsp3) is 0.0833. The molecule has 1 aliphatic rings. The Hall–Kier alpha value is -1.62. The van der Waals surface area contributed by atoms with Crippen molar-refractivity contribution < 1.29 is 18.1 Å². The molecule has 2 aromatic rings. The first kappa shape index (κ1) is 15.3. The Morgan fingerprint density at radius 2 is 2.18 bits per heavy atom. The van der Waals surface area contributed by atoms with Crippen LogP contribution in [-0.2, 0) is 21.3 Å². The van der Waals surface area contributed by atoms with Gasteiger partial charge in [0.1, 0.15) is 0 Å². The second kappa shape index (κ2) is 5.54. The molecule has 22 heavy (non-hydrogen) atoms. The molecule has 0 saturated heterocycles. The van der Waals surface area contributed by atoms with Crippen LogP contribution >= 0.6 is 15.9 Å². The maximum Gasteiger partial charge on any atom is 0.491 e. The summed E-state index contributed by atoms with van der Waals surface area (Å²) in [6.45, 7) is 0.300. The summed E-state index contributed by atoms with van der Waals surface area (Å²) >= 11 is 3.13. The van der Waals surface area contributed by atoms with Gasteiger partial charge in [0, 0.05) is 5.69 Å². The molecule has 4 N–H and O–H groups in total. The highest BCUT2D eigenvalue weighted by atomic mass is 79.9. The number of nitrogens with one attached hydrogen (secondary N) is 1. The van der Waals surface area contributed by atoms with Crippen LogP contribution in [0, 0.1) is 0 Å². The molecule has 114 valence electrons. The van der Waals surface area contributed by atoms with Gasteiger partial charge in [-0.1, -0.05) is 6.07 Å². The normalized spacial score (nSPS) is 14.0. The third kappa shape index (κ3) is 2.82. The quantitative estimate of drug-likeness (QED) is 0.662. The zero-order valence-electron chi connectivity index (χ0n) is 11.2. The summed E-state index contributed by atoms with van der Waals surface area (Å²) in [5.74, 6) is 0. The van der Waals surface area contributed by atoms with E-state index in [1.807, 2.05) is 0 Å². The van der Waals surface area contributed by atoms with E-state index in [0.717, 1.165) is 5.56 Å². The predicted molar refractivity (Wildman–Crippen MR) is 86.0 cm³/mol. The summed E-state index contributed by atoms with van der Waals surface area (Å²) in [7, 11) is -4.92. The van der Waals surface area contributed by atoms with Gasteiger partial charge in [0.25, 0.3) is 10.0 Å². The number of nitrogens with two attached hydrogens (primary N) is 1. The molecule has 3 rings (SSSR count). The van der Waals surface area contributed by atoms with Gasteiger partial charge >= 0.3 is 7.12 Å². The van der Waals surface area contributed by atoms with Crippen molar-refractivity contribution in [3.63, 3.8) is 0 Å². The Labute approximate surface area is 135 Å². The van der Waals surface area contributed by atoms with Crippen molar-refractivity contribution in [2.45, 2.75) is 11.6 Å². The lowest BCUT2D eigenvalue weighted by atomic mass is 9.79. The van der Waals surface area contributed by atoms with Gasteiger partial charge in [-0.25, -0.2) is 4.98 Å². The number of pyridine rings is 1. The van der Waals surface area contributed by atoms with Gasteiger partial charge in [-0.3, -0.25) is 4.72 Å². The topological polar surface area (TPSA) is 115 Å². The van der Waals surface area contributed by atoms with Gasteiger partial charge in [-0.2, -0.15) is 8.42 Å². The minimum absolute atomic E-state index is 0.168. The number of fused-ring (bicyclic) bond motifs is 1. The fourth-order valence-corrected chi connectivity index (χ4v) is 4.17. The number of sulfonamides is 1. The lowest BCUT2D eigenvalue weighted by Gasteiger charge is -2.10. The number of halogens is 1. The second-order valence-electron chi connectivity index (χ2n) is 4.74. The molecule has 0 saturated carbocycles. The fourth-order valence-electron chi connectivity index (χ4n) is 2.12. The summed E-state index contributed by atoms with van der Waals surface area (Å²) < 4.78 is 32.5.